The summed E-state index contributed by atoms with van der Waals surface area (Å²) in [5.41, 5.74) is 0.448. The summed E-state index contributed by atoms with van der Waals surface area (Å²) in [6.45, 7) is 0. The van der Waals surface area contributed by atoms with E-state index in [1.165, 1.54) is 12.1 Å². The summed E-state index contributed by atoms with van der Waals surface area (Å²) in [7, 11) is 0. The van der Waals surface area contributed by atoms with Crippen LogP contribution in [0.1, 0.15) is 36.0 Å². The van der Waals surface area contributed by atoms with Crippen LogP contribution < -0.4 is 0 Å². The maximum atomic E-state index is 13.1. The Morgan fingerprint density at radius 3 is 2.60 bits per heavy atom. The molecule has 1 saturated carbocycles. The Morgan fingerprint density at radius 2 is 2.00 bits per heavy atom. The first-order valence-electron chi connectivity index (χ1n) is 5.18. The monoisotopic (exact) mass is 226 g/mol. The molecule has 0 atom stereocenters. The van der Waals surface area contributed by atoms with Gasteiger partial charge >= 0.3 is 0 Å². The second-order valence-electron chi connectivity index (χ2n) is 3.97. The molecule has 0 N–H and O–H groups in total. The molecule has 1 aromatic carbocycles. The first-order valence-corrected chi connectivity index (χ1v) is 5.55. The molecular formula is C12H12ClFO. The molecule has 1 nitrogen and oxygen atoms in total. The number of benzene rings is 1. The van der Waals surface area contributed by atoms with E-state index >= 15 is 0 Å². The average Bonchev–Trinajstić information content (AvgIpc) is 2.74. The van der Waals surface area contributed by atoms with Gasteiger partial charge in [0, 0.05) is 11.5 Å². The van der Waals surface area contributed by atoms with Crippen LogP contribution in [0.2, 0.25) is 5.02 Å². The van der Waals surface area contributed by atoms with E-state index in [2.05, 4.69) is 0 Å². The Labute approximate surface area is 93.2 Å². The third kappa shape index (κ3) is 2.20. The number of hydrogen-bond acceptors (Lipinski definition) is 1. The van der Waals surface area contributed by atoms with Crippen molar-refractivity contribution in [1.29, 1.82) is 0 Å². The number of carbonyl (C=O) groups excluding carboxylic acids is 1. The molecule has 0 unspecified atom stereocenters. The molecule has 0 saturated heterocycles. The molecule has 2 rings (SSSR count). The minimum atomic E-state index is -0.513. The molecule has 15 heavy (non-hydrogen) atoms. The van der Waals surface area contributed by atoms with E-state index in [9.17, 15) is 9.18 Å². The normalized spacial score (nSPS) is 16.9. The highest BCUT2D eigenvalue weighted by Crippen LogP contribution is 2.28. The van der Waals surface area contributed by atoms with Gasteiger partial charge in [0.1, 0.15) is 5.82 Å². The van der Waals surface area contributed by atoms with Gasteiger partial charge in [0.25, 0.3) is 0 Å². The van der Waals surface area contributed by atoms with E-state index in [1.54, 1.807) is 6.07 Å². The molecular weight excluding hydrogens is 215 g/mol. The van der Waals surface area contributed by atoms with E-state index in [0.717, 1.165) is 25.7 Å². The molecule has 1 aromatic rings. The fraction of sp³-hybridized carbons (Fsp3) is 0.417. The summed E-state index contributed by atoms with van der Waals surface area (Å²) in [5.74, 6) is -0.367. The molecule has 0 amide bonds. The minimum Gasteiger partial charge on any atom is -0.294 e. The SMILES string of the molecule is O=C(c1ccc(Cl)c(F)c1)C1CCCC1. The van der Waals surface area contributed by atoms with Crippen LogP contribution in [0.3, 0.4) is 0 Å². The van der Waals surface area contributed by atoms with Crippen molar-refractivity contribution in [2.45, 2.75) is 25.7 Å². The van der Waals surface area contributed by atoms with Crippen LogP contribution in [0.4, 0.5) is 4.39 Å². The fourth-order valence-corrected chi connectivity index (χ4v) is 2.19. The lowest BCUT2D eigenvalue weighted by atomic mass is 9.96. The lowest BCUT2D eigenvalue weighted by Gasteiger charge is -2.07. The maximum absolute atomic E-state index is 13.1. The Kier molecular flexibility index (Phi) is 3.06. The van der Waals surface area contributed by atoms with E-state index in [0.29, 0.717) is 5.56 Å². The Morgan fingerprint density at radius 1 is 1.33 bits per heavy atom. The zero-order valence-corrected chi connectivity index (χ0v) is 9.06. The molecule has 1 fully saturated rings. The molecule has 1 aliphatic rings. The summed E-state index contributed by atoms with van der Waals surface area (Å²) in [6.07, 6.45) is 4.07. The summed E-state index contributed by atoms with van der Waals surface area (Å²) >= 11 is 5.56. The molecule has 1 aliphatic carbocycles. The zero-order valence-electron chi connectivity index (χ0n) is 8.30. The average molecular weight is 227 g/mol. The molecule has 0 bridgehead atoms. The minimum absolute atomic E-state index is 0.0584. The van der Waals surface area contributed by atoms with Crippen LogP contribution in [0.15, 0.2) is 18.2 Å². The van der Waals surface area contributed by atoms with Gasteiger partial charge in [-0.15, -0.1) is 0 Å². The first kappa shape index (κ1) is 10.6. The first-order chi connectivity index (χ1) is 7.18. The van der Waals surface area contributed by atoms with Gasteiger partial charge in [-0.05, 0) is 31.0 Å². The van der Waals surface area contributed by atoms with Crippen molar-refractivity contribution in [3.05, 3.63) is 34.6 Å². The van der Waals surface area contributed by atoms with Gasteiger partial charge in [-0.25, -0.2) is 4.39 Å². The van der Waals surface area contributed by atoms with Crippen molar-refractivity contribution < 1.29 is 9.18 Å². The lowest BCUT2D eigenvalue weighted by Crippen LogP contribution is -2.11. The molecule has 80 valence electrons. The fourth-order valence-electron chi connectivity index (χ4n) is 2.07. The summed E-state index contributed by atoms with van der Waals surface area (Å²) in [5, 5.41) is 0.0676. The summed E-state index contributed by atoms with van der Waals surface area (Å²) in [6, 6.07) is 4.29. The largest absolute Gasteiger partial charge is 0.294 e. The second-order valence-corrected chi connectivity index (χ2v) is 4.38. The van der Waals surface area contributed by atoms with Crippen LogP contribution in [0.5, 0.6) is 0 Å². The smallest absolute Gasteiger partial charge is 0.166 e. The van der Waals surface area contributed by atoms with E-state index < -0.39 is 5.82 Å². The predicted molar refractivity (Wildman–Crippen MR) is 57.7 cm³/mol. The number of halogens is 2. The topological polar surface area (TPSA) is 17.1 Å². The van der Waals surface area contributed by atoms with Crippen molar-refractivity contribution in [3.63, 3.8) is 0 Å². The number of carbonyl (C=O) groups is 1. The highest BCUT2D eigenvalue weighted by molar-refractivity contribution is 6.30. The number of ketones is 1. The van der Waals surface area contributed by atoms with Gasteiger partial charge < -0.3 is 0 Å². The van der Waals surface area contributed by atoms with E-state index in [1.807, 2.05) is 0 Å². The van der Waals surface area contributed by atoms with Crippen LogP contribution in [0, 0.1) is 11.7 Å². The molecule has 0 radical (unpaired) electrons. The van der Waals surface area contributed by atoms with Crippen LogP contribution in [-0.4, -0.2) is 5.78 Å². The summed E-state index contributed by atoms with van der Waals surface area (Å²) < 4.78 is 13.1. The maximum Gasteiger partial charge on any atom is 0.166 e. The van der Waals surface area contributed by atoms with Crippen molar-refractivity contribution in [1.82, 2.24) is 0 Å². The van der Waals surface area contributed by atoms with Gasteiger partial charge in [0.15, 0.2) is 5.78 Å². The van der Waals surface area contributed by atoms with Crippen LogP contribution >= 0.6 is 11.6 Å². The lowest BCUT2D eigenvalue weighted by molar-refractivity contribution is 0.0922. The van der Waals surface area contributed by atoms with E-state index in [4.69, 9.17) is 11.6 Å². The number of hydrogen-bond donors (Lipinski definition) is 0. The van der Waals surface area contributed by atoms with Crippen LogP contribution in [0.25, 0.3) is 0 Å². The quantitative estimate of drug-likeness (QED) is 0.700. The van der Waals surface area contributed by atoms with Gasteiger partial charge in [-0.2, -0.15) is 0 Å². The Balaban J connectivity index is 2.21. The number of Topliss-reactive ketones (excluding diaryl/α,β-unsaturated/α-hetero) is 1. The van der Waals surface area contributed by atoms with Crippen LogP contribution in [-0.2, 0) is 0 Å². The van der Waals surface area contributed by atoms with Crippen molar-refractivity contribution in [3.8, 4) is 0 Å². The molecule has 0 heterocycles. The van der Waals surface area contributed by atoms with Gasteiger partial charge in [-0.3, -0.25) is 4.79 Å². The third-order valence-electron chi connectivity index (χ3n) is 2.93. The highest BCUT2D eigenvalue weighted by atomic mass is 35.5. The van der Waals surface area contributed by atoms with Crippen molar-refractivity contribution in [2.75, 3.05) is 0 Å². The van der Waals surface area contributed by atoms with Crippen molar-refractivity contribution >= 4 is 17.4 Å². The second kappa shape index (κ2) is 4.31. The zero-order chi connectivity index (χ0) is 10.8. The predicted octanol–water partition coefficient (Wildman–Crippen LogP) is 3.85. The summed E-state index contributed by atoms with van der Waals surface area (Å²) in [4.78, 5) is 11.9. The van der Waals surface area contributed by atoms with Crippen molar-refractivity contribution in [2.24, 2.45) is 5.92 Å². The molecule has 0 aliphatic heterocycles. The molecule has 0 spiro atoms. The number of rotatable bonds is 2. The molecule has 3 heteroatoms. The molecule has 0 aromatic heterocycles. The van der Waals surface area contributed by atoms with Gasteiger partial charge in [-0.1, -0.05) is 24.4 Å². The standard InChI is InChI=1S/C12H12ClFO/c13-10-6-5-9(7-11(10)14)12(15)8-3-1-2-4-8/h5-8H,1-4H2. The Hall–Kier alpha value is -0.890. The van der Waals surface area contributed by atoms with E-state index in [-0.39, 0.29) is 16.7 Å². The van der Waals surface area contributed by atoms with Gasteiger partial charge in [0.2, 0.25) is 0 Å². The van der Waals surface area contributed by atoms with Gasteiger partial charge in [0.05, 0.1) is 5.02 Å². The Bertz CT molecular complexity index is 383. The highest BCUT2D eigenvalue weighted by Gasteiger charge is 2.24. The third-order valence-corrected chi connectivity index (χ3v) is 3.24.